The summed E-state index contributed by atoms with van der Waals surface area (Å²) in [4.78, 5) is 8.19. The van der Waals surface area contributed by atoms with Gasteiger partial charge in [0.25, 0.3) is 0 Å². The fourth-order valence-corrected chi connectivity index (χ4v) is 5.36. The van der Waals surface area contributed by atoms with Crippen LogP contribution in [0.25, 0.3) is 0 Å². The topological polar surface area (TPSA) is 9.72 Å². The number of likely N-dealkylation sites (tertiary alicyclic amines) is 1. The van der Waals surface area contributed by atoms with Crippen molar-refractivity contribution in [2.45, 2.75) is 71.8 Å². The number of piperidine rings is 1. The maximum absolute atomic E-state index is 2.77. The smallest absolute Gasteiger partial charge is 0.0110 e. The van der Waals surface area contributed by atoms with E-state index in [1.807, 2.05) is 0 Å². The van der Waals surface area contributed by atoms with Gasteiger partial charge in [-0.05, 0) is 70.4 Å². The first-order chi connectivity index (χ1) is 12.1. The molecule has 3 fully saturated rings. The standard InChI is InChI=1S/C22H43N3/c1-4-20-5-7-21(8-6-20)17-23-13-15-24(16-14-23)18-22-9-11-25(12-10-22)19(2)3/h19-22H,4-18H2,1-3H3. The fourth-order valence-electron chi connectivity index (χ4n) is 5.36. The average Bonchev–Trinajstić information content (AvgIpc) is 2.64. The third kappa shape index (κ3) is 5.94. The van der Waals surface area contributed by atoms with E-state index in [-0.39, 0.29) is 0 Å². The van der Waals surface area contributed by atoms with Crippen LogP contribution in [-0.4, -0.2) is 73.1 Å². The van der Waals surface area contributed by atoms with Gasteiger partial charge in [0.1, 0.15) is 0 Å². The minimum atomic E-state index is 0.733. The van der Waals surface area contributed by atoms with Gasteiger partial charge in [-0.1, -0.05) is 26.2 Å². The van der Waals surface area contributed by atoms with Crippen LogP contribution in [0.2, 0.25) is 0 Å². The lowest BCUT2D eigenvalue weighted by Gasteiger charge is -2.41. The normalized spacial score (nSPS) is 31.7. The first-order valence-electron chi connectivity index (χ1n) is 11.3. The molecule has 3 heteroatoms. The van der Waals surface area contributed by atoms with E-state index in [9.17, 15) is 0 Å². The Hall–Kier alpha value is -0.120. The molecule has 0 bridgehead atoms. The maximum atomic E-state index is 2.77. The third-order valence-electron chi connectivity index (χ3n) is 7.42. The summed E-state index contributed by atoms with van der Waals surface area (Å²) >= 11 is 0. The molecule has 0 radical (unpaired) electrons. The van der Waals surface area contributed by atoms with Crippen molar-refractivity contribution < 1.29 is 0 Å². The van der Waals surface area contributed by atoms with Gasteiger partial charge in [-0.15, -0.1) is 0 Å². The van der Waals surface area contributed by atoms with Crippen LogP contribution < -0.4 is 0 Å². The minimum absolute atomic E-state index is 0.733. The Labute approximate surface area is 157 Å². The second-order valence-corrected chi connectivity index (χ2v) is 9.47. The van der Waals surface area contributed by atoms with E-state index in [1.165, 1.54) is 97.3 Å². The predicted molar refractivity (Wildman–Crippen MR) is 108 cm³/mol. The average molecular weight is 350 g/mol. The highest BCUT2D eigenvalue weighted by atomic mass is 15.3. The molecular formula is C22H43N3. The van der Waals surface area contributed by atoms with Crippen molar-refractivity contribution in [3.8, 4) is 0 Å². The molecule has 0 aromatic heterocycles. The van der Waals surface area contributed by atoms with E-state index in [2.05, 4.69) is 35.5 Å². The summed E-state index contributed by atoms with van der Waals surface area (Å²) in [6.45, 7) is 17.7. The maximum Gasteiger partial charge on any atom is 0.0110 e. The van der Waals surface area contributed by atoms with Gasteiger partial charge < -0.3 is 14.7 Å². The van der Waals surface area contributed by atoms with Crippen molar-refractivity contribution in [3.05, 3.63) is 0 Å². The van der Waals surface area contributed by atoms with Gasteiger partial charge in [-0.3, -0.25) is 0 Å². The Morgan fingerprint density at radius 2 is 1.08 bits per heavy atom. The molecule has 0 aromatic carbocycles. The first-order valence-corrected chi connectivity index (χ1v) is 11.3. The molecule has 3 aliphatic rings. The van der Waals surface area contributed by atoms with Crippen molar-refractivity contribution >= 4 is 0 Å². The molecule has 0 unspecified atom stereocenters. The lowest BCUT2D eigenvalue weighted by molar-refractivity contribution is 0.0755. The van der Waals surface area contributed by atoms with Crippen molar-refractivity contribution in [1.82, 2.24) is 14.7 Å². The van der Waals surface area contributed by atoms with Crippen LogP contribution in [0.3, 0.4) is 0 Å². The highest BCUT2D eigenvalue weighted by molar-refractivity contribution is 4.81. The third-order valence-corrected chi connectivity index (χ3v) is 7.42. The Bertz CT molecular complexity index is 359. The molecule has 2 heterocycles. The molecule has 0 aromatic rings. The quantitative estimate of drug-likeness (QED) is 0.719. The highest BCUT2D eigenvalue weighted by Gasteiger charge is 2.26. The minimum Gasteiger partial charge on any atom is -0.301 e. The lowest BCUT2D eigenvalue weighted by atomic mass is 9.80. The van der Waals surface area contributed by atoms with Crippen LogP contribution in [0.4, 0.5) is 0 Å². The summed E-state index contributed by atoms with van der Waals surface area (Å²) in [5.41, 5.74) is 0. The van der Waals surface area contributed by atoms with Crippen molar-refractivity contribution in [3.63, 3.8) is 0 Å². The van der Waals surface area contributed by atoms with E-state index in [1.54, 1.807) is 0 Å². The summed E-state index contributed by atoms with van der Waals surface area (Å²) in [7, 11) is 0. The molecule has 1 saturated carbocycles. The molecular weight excluding hydrogens is 306 g/mol. The highest BCUT2D eigenvalue weighted by Crippen LogP contribution is 2.31. The monoisotopic (exact) mass is 349 g/mol. The second-order valence-electron chi connectivity index (χ2n) is 9.47. The van der Waals surface area contributed by atoms with E-state index >= 15 is 0 Å². The van der Waals surface area contributed by atoms with E-state index in [0.29, 0.717) is 0 Å². The molecule has 0 amide bonds. The summed E-state index contributed by atoms with van der Waals surface area (Å²) in [6.07, 6.45) is 10.2. The number of piperazine rings is 1. The summed E-state index contributed by atoms with van der Waals surface area (Å²) in [5, 5.41) is 0. The molecule has 0 N–H and O–H groups in total. The Morgan fingerprint density at radius 3 is 1.52 bits per heavy atom. The van der Waals surface area contributed by atoms with Gasteiger partial charge >= 0.3 is 0 Å². The van der Waals surface area contributed by atoms with Gasteiger partial charge in [0.2, 0.25) is 0 Å². The molecule has 3 nitrogen and oxygen atoms in total. The zero-order valence-corrected chi connectivity index (χ0v) is 17.3. The van der Waals surface area contributed by atoms with E-state index in [4.69, 9.17) is 0 Å². The molecule has 0 atom stereocenters. The molecule has 2 aliphatic heterocycles. The summed E-state index contributed by atoms with van der Waals surface area (Å²) in [5.74, 6) is 2.98. The van der Waals surface area contributed by atoms with Gasteiger partial charge in [-0.25, -0.2) is 0 Å². The van der Waals surface area contributed by atoms with E-state index < -0.39 is 0 Å². The predicted octanol–water partition coefficient (Wildman–Crippen LogP) is 3.94. The Balaban J connectivity index is 1.30. The molecule has 25 heavy (non-hydrogen) atoms. The van der Waals surface area contributed by atoms with Crippen molar-refractivity contribution in [2.24, 2.45) is 17.8 Å². The zero-order valence-electron chi connectivity index (χ0n) is 17.3. The number of hydrogen-bond donors (Lipinski definition) is 0. The molecule has 0 spiro atoms. The lowest BCUT2D eigenvalue weighted by Crippen LogP contribution is -2.50. The van der Waals surface area contributed by atoms with Gasteiger partial charge in [0.05, 0.1) is 0 Å². The molecule has 3 rings (SSSR count). The van der Waals surface area contributed by atoms with Crippen LogP contribution in [0.5, 0.6) is 0 Å². The van der Waals surface area contributed by atoms with Gasteiger partial charge in [0, 0.05) is 45.3 Å². The summed E-state index contributed by atoms with van der Waals surface area (Å²) in [6, 6.07) is 0.733. The number of hydrogen-bond acceptors (Lipinski definition) is 3. The van der Waals surface area contributed by atoms with Crippen LogP contribution in [0.15, 0.2) is 0 Å². The van der Waals surface area contributed by atoms with Crippen LogP contribution in [0, 0.1) is 17.8 Å². The van der Waals surface area contributed by atoms with E-state index in [0.717, 1.165) is 23.8 Å². The van der Waals surface area contributed by atoms with Crippen LogP contribution >= 0.6 is 0 Å². The van der Waals surface area contributed by atoms with Crippen molar-refractivity contribution in [1.29, 1.82) is 0 Å². The van der Waals surface area contributed by atoms with Crippen LogP contribution in [-0.2, 0) is 0 Å². The second kappa shape index (κ2) is 9.71. The Morgan fingerprint density at radius 1 is 0.640 bits per heavy atom. The van der Waals surface area contributed by atoms with Gasteiger partial charge in [-0.2, -0.15) is 0 Å². The number of rotatable bonds is 6. The van der Waals surface area contributed by atoms with Gasteiger partial charge in [0.15, 0.2) is 0 Å². The zero-order chi connectivity index (χ0) is 17.6. The largest absolute Gasteiger partial charge is 0.301 e. The molecule has 2 saturated heterocycles. The molecule has 146 valence electrons. The molecule has 1 aliphatic carbocycles. The SMILES string of the molecule is CCC1CCC(CN2CCN(CC3CCN(C(C)C)CC3)CC2)CC1. The van der Waals surface area contributed by atoms with Crippen LogP contribution in [0.1, 0.15) is 65.7 Å². The number of nitrogens with zero attached hydrogens (tertiary/aromatic N) is 3. The first kappa shape index (κ1) is 19.6. The van der Waals surface area contributed by atoms with Crippen molar-refractivity contribution in [2.75, 3.05) is 52.4 Å². The summed E-state index contributed by atoms with van der Waals surface area (Å²) < 4.78 is 0. The Kier molecular flexibility index (Phi) is 7.63. The fraction of sp³-hybridized carbons (Fsp3) is 1.00.